The summed E-state index contributed by atoms with van der Waals surface area (Å²) in [6.45, 7) is 0. The SMILES string of the molecule is N#CC1(c2ccccc2)C2C=CCCC21. The summed E-state index contributed by atoms with van der Waals surface area (Å²) in [7, 11) is 0. The van der Waals surface area contributed by atoms with Crippen molar-refractivity contribution >= 4 is 0 Å². The zero-order valence-corrected chi connectivity index (χ0v) is 8.56. The molecule has 0 amide bonds. The molecule has 1 aromatic carbocycles. The quantitative estimate of drug-likeness (QED) is 0.632. The van der Waals surface area contributed by atoms with Crippen LogP contribution in [0, 0.1) is 23.2 Å². The van der Waals surface area contributed by atoms with Crippen molar-refractivity contribution < 1.29 is 0 Å². The van der Waals surface area contributed by atoms with Gasteiger partial charge in [-0.1, -0.05) is 42.5 Å². The number of hydrogen-bond donors (Lipinski definition) is 0. The van der Waals surface area contributed by atoms with Crippen LogP contribution in [0.3, 0.4) is 0 Å². The van der Waals surface area contributed by atoms with Crippen LogP contribution >= 0.6 is 0 Å². The van der Waals surface area contributed by atoms with E-state index in [1.54, 1.807) is 0 Å². The fourth-order valence-corrected chi connectivity index (χ4v) is 3.04. The molecule has 0 saturated heterocycles. The molecule has 0 aromatic heterocycles. The third-order valence-corrected chi connectivity index (χ3v) is 3.86. The van der Waals surface area contributed by atoms with Crippen molar-refractivity contribution in [1.82, 2.24) is 0 Å². The Balaban J connectivity index is 2.05. The number of hydrogen-bond acceptors (Lipinski definition) is 1. The van der Waals surface area contributed by atoms with E-state index in [2.05, 4.69) is 30.4 Å². The molecule has 0 heterocycles. The summed E-state index contributed by atoms with van der Waals surface area (Å²) in [5.41, 5.74) is 1.00. The molecular weight excluding hydrogens is 182 g/mol. The molecule has 1 heteroatoms. The first-order chi connectivity index (χ1) is 7.39. The smallest absolute Gasteiger partial charge is 0.0922 e. The fraction of sp³-hybridized carbons (Fsp3) is 0.357. The standard InChI is InChI=1S/C14H13N/c15-10-14(11-6-2-1-3-7-11)12-8-4-5-9-13(12)14/h1-4,6-8,12-13H,5,9H2. The van der Waals surface area contributed by atoms with E-state index in [1.165, 1.54) is 12.0 Å². The van der Waals surface area contributed by atoms with Crippen LogP contribution in [0.15, 0.2) is 42.5 Å². The van der Waals surface area contributed by atoms with E-state index in [-0.39, 0.29) is 5.41 Å². The van der Waals surface area contributed by atoms with Crippen molar-refractivity contribution in [3.63, 3.8) is 0 Å². The summed E-state index contributed by atoms with van der Waals surface area (Å²) in [5, 5.41) is 9.46. The predicted octanol–water partition coefficient (Wildman–Crippen LogP) is 3.04. The normalized spacial score (nSPS) is 36.7. The Kier molecular flexibility index (Phi) is 1.73. The van der Waals surface area contributed by atoms with Crippen LogP contribution in [0.5, 0.6) is 0 Å². The van der Waals surface area contributed by atoms with E-state index >= 15 is 0 Å². The molecule has 1 fully saturated rings. The molecule has 1 saturated carbocycles. The molecule has 15 heavy (non-hydrogen) atoms. The van der Waals surface area contributed by atoms with Gasteiger partial charge >= 0.3 is 0 Å². The largest absolute Gasteiger partial charge is 0.197 e. The first-order valence-electron chi connectivity index (χ1n) is 5.53. The van der Waals surface area contributed by atoms with Crippen LogP contribution in [-0.2, 0) is 5.41 Å². The Bertz CT molecular complexity index is 440. The van der Waals surface area contributed by atoms with Gasteiger partial charge in [0.05, 0.1) is 11.5 Å². The van der Waals surface area contributed by atoms with Gasteiger partial charge in [0.25, 0.3) is 0 Å². The molecule has 0 radical (unpaired) electrons. The summed E-state index contributed by atoms with van der Waals surface area (Å²) >= 11 is 0. The summed E-state index contributed by atoms with van der Waals surface area (Å²) < 4.78 is 0. The number of nitrogens with zero attached hydrogens (tertiary/aromatic N) is 1. The van der Waals surface area contributed by atoms with Crippen molar-refractivity contribution in [1.29, 1.82) is 5.26 Å². The Morgan fingerprint density at radius 1 is 1.27 bits per heavy atom. The molecule has 0 bridgehead atoms. The molecule has 0 aliphatic heterocycles. The maximum Gasteiger partial charge on any atom is 0.0922 e. The van der Waals surface area contributed by atoms with Gasteiger partial charge in [0.2, 0.25) is 0 Å². The van der Waals surface area contributed by atoms with Crippen LogP contribution < -0.4 is 0 Å². The maximum atomic E-state index is 9.46. The van der Waals surface area contributed by atoms with Gasteiger partial charge in [-0.05, 0) is 24.3 Å². The minimum atomic E-state index is -0.200. The monoisotopic (exact) mass is 195 g/mol. The first-order valence-corrected chi connectivity index (χ1v) is 5.53. The second-order valence-corrected chi connectivity index (χ2v) is 4.48. The van der Waals surface area contributed by atoms with Crippen LogP contribution in [0.2, 0.25) is 0 Å². The molecule has 1 nitrogen and oxygen atoms in total. The topological polar surface area (TPSA) is 23.8 Å². The third kappa shape index (κ3) is 1.02. The Hall–Kier alpha value is -1.55. The van der Waals surface area contributed by atoms with Gasteiger partial charge in [0.15, 0.2) is 0 Å². The number of nitriles is 1. The summed E-state index contributed by atoms with van der Waals surface area (Å²) in [5.74, 6) is 1.04. The maximum absolute atomic E-state index is 9.46. The second-order valence-electron chi connectivity index (χ2n) is 4.48. The summed E-state index contributed by atoms with van der Waals surface area (Å²) in [4.78, 5) is 0. The number of allylic oxidation sites excluding steroid dienone is 2. The van der Waals surface area contributed by atoms with Gasteiger partial charge in [-0.25, -0.2) is 0 Å². The molecule has 74 valence electrons. The molecule has 3 atom stereocenters. The van der Waals surface area contributed by atoms with Gasteiger partial charge in [-0.2, -0.15) is 5.26 Å². The van der Waals surface area contributed by atoms with E-state index in [0.29, 0.717) is 11.8 Å². The zero-order valence-electron chi connectivity index (χ0n) is 8.56. The molecule has 0 spiro atoms. The lowest BCUT2D eigenvalue weighted by Gasteiger charge is -2.07. The predicted molar refractivity (Wildman–Crippen MR) is 59.1 cm³/mol. The average molecular weight is 195 g/mol. The summed E-state index contributed by atoms with van der Waals surface area (Å²) in [6.07, 6.45) is 6.77. The van der Waals surface area contributed by atoms with Crippen LogP contribution in [0.1, 0.15) is 18.4 Å². The lowest BCUT2D eigenvalue weighted by atomic mass is 9.93. The minimum absolute atomic E-state index is 0.200. The van der Waals surface area contributed by atoms with E-state index in [0.717, 1.165) is 6.42 Å². The van der Waals surface area contributed by atoms with Gasteiger partial charge in [0.1, 0.15) is 0 Å². The minimum Gasteiger partial charge on any atom is -0.197 e. The highest BCUT2D eigenvalue weighted by molar-refractivity contribution is 5.47. The van der Waals surface area contributed by atoms with Crippen molar-refractivity contribution in [3.8, 4) is 6.07 Å². The van der Waals surface area contributed by atoms with E-state index in [1.807, 2.05) is 18.2 Å². The van der Waals surface area contributed by atoms with Crippen LogP contribution in [0.25, 0.3) is 0 Å². The number of rotatable bonds is 1. The number of benzene rings is 1. The highest BCUT2D eigenvalue weighted by Gasteiger charge is 2.65. The van der Waals surface area contributed by atoms with Crippen LogP contribution in [0.4, 0.5) is 0 Å². The van der Waals surface area contributed by atoms with Crippen molar-refractivity contribution in [3.05, 3.63) is 48.0 Å². The molecule has 1 aromatic rings. The molecule has 3 rings (SSSR count). The first kappa shape index (κ1) is 8.73. The average Bonchev–Trinajstić information content (AvgIpc) is 3.00. The Labute approximate surface area is 90.0 Å². The molecule has 2 aliphatic carbocycles. The summed E-state index contributed by atoms with van der Waals surface area (Å²) in [6, 6.07) is 12.8. The highest BCUT2D eigenvalue weighted by atomic mass is 14.7. The van der Waals surface area contributed by atoms with Crippen molar-refractivity contribution in [2.45, 2.75) is 18.3 Å². The lowest BCUT2D eigenvalue weighted by molar-refractivity contribution is 0.651. The van der Waals surface area contributed by atoms with Gasteiger partial charge in [0, 0.05) is 5.92 Å². The third-order valence-electron chi connectivity index (χ3n) is 3.86. The molecular formula is C14H13N. The number of fused-ring (bicyclic) bond motifs is 1. The highest BCUT2D eigenvalue weighted by Crippen LogP contribution is 2.63. The van der Waals surface area contributed by atoms with E-state index in [4.69, 9.17) is 0 Å². The van der Waals surface area contributed by atoms with Gasteiger partial charge < -0.3 is 0 Å². The fourth-order valence-electron chi connectivity index (χ4n) is 3.04. The molecule has 0 N–H and O–H groups in total. The van der Waals surface area contributed by atoms with E-state index < -0.39 is 0 Å². The van der Waals surface area contributed by atoms with Crippen LogP contribution in [-0.4, -0.2) is 0 Å². The molecule has 3 unspecified atom stereocenters. The molecule has 2 aliphatic rings. The Morgan fingerprint density at radius 2 is 2.07 bits per heavy atom. The Morgan fingerprint density at radius 3 is 2.67 bits per heavy atom. The van der Waals surface area contributed by atoms with Crippen molar-refractivity contribution in [2.24, 2.45) is 11.8 Å². The zero-order chi connectivity index (χ0) is 10.3. The van der Waals surface area contributed by atoms with E-state index in [9.17, 15) is 5.26 Å². The van der Waals surface area contributed by atoms with Gasteiger partial charge in [-0.15, -0.1) is 0 Å². The second kappa shape index (κ2) is 2.97. The van der Waals surface area contributed by atoms with Gasteiger partial charge in [-0.3, -0.25) is 0 Å². The van der Waals surface area contributed by atoms with Crippen molar-refractivity contribution in [2.75, 3.05) is 0 Å². The lowest BCUT2D eigenvalue weighted by Crippen LogP contribution is -2.07.